The van der Waals surface area contributed by atoms with Crippen LogP contribution in [0.25, 0.3) is 22.6 Å². The molecule has 0 amide bonds. The van der Waals surface area contributed by atoms with E-state index in [2.05, 4.69) is 15.0 Å². The lowest BCUT2D eigenvalue weighted by Gasteiger charge is -1.98. The van der Waals surface area contributed by atoms with Crippen molar-refractivity contribution >= 4 is 22.4 Å². The smallest absolute Gasteiger partial charge is 0.337 e. The van der Waals surface area contributed by atoms with Crippen LogP contribution in [-0.2, 0) is 6.18 Å². The minimum atomic E-state index is -4.46. The molecule has 2 heterocycles. The zero-order chi connectivity index (χ0) is 14.3. The molecule has 0 unspecified atom stereocenters. The molecule has 4 nitrogen and oxygen atoms in total. The summed E-state index contributed by atoms with van der Waals surface area (Å²) in [6, 6.07) is 6.79. The molecule has 0 aliphatic heterocycles. The number of nitrogens with one attached hydrogen (secondary N) is 1. The highest BCUT2D eigenvalue weighted by Gasteiger charge is 2.34. The summed E-state index contributed by atoms with van der Waals surface area (Å²) in [5.74, 6) is 0.252. The van der Waals surface area contributed by atoms with Gasteiger partial charge in [0.1, 0.15) is 5.69 Å². The van der Waals surface area contributed by atoms with Crippen molar-refractivity contribution in [3.63, 3.8) is 0 Å². The Hall–Kier alpha value is -2.40. The van der Waals surface area contributed by atoms with Gasteiger partial charge in [0.25, 0.3) is 0 Å². The third-order valence-corrected chi connectivity index (χ3v) is 3.49. The first-order chi connectivity index (χ1) is 9.47. The highest BCUT2D eigenvalue weighted by Crippen LogP contribution is 2.33. The van der Waals surface area contributed by atoms with E-state index in [-0.39, 0.29) is 11.5 Å². The van der Waals surface area contributed by atoms with E-state index in [0.717, 1.165) is 0 Å². The molecule has 0 atom stereocenters. The number of hydrogen-bond donors (Lipinski definition) is 1. The monoisotopic (exact) mass is 294 g/mol. The Morgan fingerprint density at radius 2 is 2.05 bits per heavy atom. The number of aromatic nitrogens is 3. The lowest BCUT2D eigenvalue weighted by molar-refractivity contribution is -0.137. The number of alkyl halides is 3. The average molecular weight is 294 g/mol. The zero-order valence-electron chi connectivity index (χ0n) is 9.69. The number of thiazole rings is 1. The second-order valence-electron chi connectivity index (χ2n) is 3.96. The topological polar surface area (TPSA) is 65.4 Å². The minimum absolute atomic E-state index is 0.136. The number of benzene rings is 1. The molecule has 0 aliphatic rings. The fraction of sp³-hybridized carbons (Fsp3) is 0.0833. The first-order valence-corrected chi connectivity index (χ1v) is 6.28. The van der Waals surface area contributed by atoms with E-state index in [9.17, 15) is 13.2 Å². The van der Waals surface area contributed by atoms with Gasteiger partial charge >= 0.3 is 6.18 Å². The van der Waals surface area contributed by atoms with Crippen molar-refractivity contribution in [3.05, 3.63) is 34.2 Å². The number of nitriles is 1. The van der Waals surface area contributed by atoms with Gasteiger partial charge in [-0.1, -0.05) is 0 Å². The SMILES string of the molecule is N#Cc1ccc2nc(-c3csc(C(F)(F)F)n3)[nH]c2c1. The van der Waals surface area contributed by atoms with Gasteiger partial charge < -0.3 is 4.98 Å². The number of rotatable bonds is 1. The first-order valence-electron chi connectivity index (χ1n) is 5.40. The van der Waals surface area contributed by atoms with Gasteiger partial charge in [-0.05, 0) is 18.2 Å². The van der Waals surface area contributed by atoms with E-state index < -0.39 is 11.2 Å². The fourth-order valence-electron chi connectivity index (χ4n) is 1.71. The summed E-state index contributed by atoms with van der Waals surface area (Å²) in [5, 5.41) is 9.18. The Morgan fingerprint density at radius 1 is 1.25 bits per heavy atom. The quantitative estimate of drug-likeness (QED) is 0.746. The molecular formula is C12H5F3N4S. The van der Waals surface area contributed by atoms with Crippen LogP contribution < -0.4 is 0 Å². The summed E-state index contributed by atoms with van der Waals surface area (Å²) < 4.78 is 37.5. The van der Waals surface area contributed by atoms with Crippen LogP contribution in [0.4, 0.5) is 13.2 Å². The summed E-state index contributed by atoms with van der Waals surface area (Å²) in [7, 11) is 0. The van der Waals surface area contributed by atoms with E-state index in [1.807, 2.05) is 6.07 Å². The highest BCUT2D eigenvalue weighted by atomic mass is 32.1. The fourth-order valence-corrected chi connectivity index (χ4v) is 2.39. The molecule has 0 saturated heterocycles. The molecule has 0 spiro atoms. The van der Waals surface area contributed by atoms with Gasteiger partial charge in [-0.3, -0.25) is 0 Å². The van der Waals surface area contributed by atoms with Crippen LogP contribution in [0.3, 0.4) is 0 Å². The molecule has 0 fully saturated rings. The van der Waals surface area contributed by atoms with Gasteiger partial charge in [-0.2, -0.15) is 18.4 Å². The summed E-state index contributed by atoms with van der Waals surface area (Å²) in [6.07, 6.45) is -4.46. The van der Waals surface area contributed by atoms with Gasteiger partial charge in [-0.15, -0.1) is 11.3 Å². The minimum Gasteiger partial charge on any atom is -0.337 e. The number of nitrogens with zero attached hydrogens (tertiary/aromatic N) is 3. The lowest BCUT2D eigenvalue weighted by atomic mass is 10.2. The molecule has 2 aromatic heterocycles. The Balaban J connectivity index is 2.06. The molecule has 0 bridgehead atoms. The molecule has 0 aliphatic carbocycles. The van der Waals surface area contributed by atoms with Crippen LogP contribution in [0, 0.1) is 11.3 Å². The number of imidazole rings is 1. The number of aromatic amines is 1. The van der Waals surface area contributed by atoms with Crippen molar-refractivity contribution in [2.45, 2.75) is 6.18 Å². The van der Waals surface area contributed by atoms with Crippen LogP contribution in [0.15, 0.2) is 23.6 Å². The molecule has 8 heteroatoms. The Bertz CT molecular complexity index is 825. The van der Waals surface area contributed by atoms with Crippen molar-refractivity contribution in [3.8, 4) is 17.6 Å². The van der Waals surface area contributed by atoms with Crippen molar-refractivity contribution < 1.29 is 13.2 Å². The third kappa shape index (κ3) is 2.12. The van der Waals surface area contributed by atoms with E-state index >= 15 is 0 Å². The van der Waals surface area contributed by atoms with Gasteiger partial charge in [0.15, 0.2) is 10.8 Å². The lowest BCUT2D eigenvalue weighted by Crippen LogP contribution is -2.03. The van der Waals surface area contributed by atoms with Gasteiger partial charge in [-0.25, -0.2) is 9.97 Å². The Morgan fingerprint density at radius 3 is 2.70 bits per heavy atom. The summed E-state index contributed by atoms with van der Waals surface area (Å²) in [5.41, 5.74) is 1.74. The number of H-pyrrole nitrogens is 1. The van der Waals surface area contributed by atoms with Gasteiger partial charge in [0, 0.05) is 5.38 Å². The van der Waals surface area contributed by atoms with Crippen LogP contribution in [-0.4, -0.2) is 15.0 Å². The molecule has 0 radical (unpaired) electrons. The zero-order valence-corrected chi connectivity index (χ0v) is 10.5. The highest BCUT2D eigenvalue weighted by molar-refractivity contribution is 7.10. The number of hydrogen-bond acceptors (Lipinski definition) is 4. The van der Waals surface area contributed by atoms with E-state index in [1.54, 1.807) is 18.2 Å². The summed E-state index contributed by atoms with van der Waals surface area (Å²) in [4.78, 5) is 10.6. The normalized spacial score (nSPS) is 11.7. The maximum atomic E-state index is 12.5. The van der Waals surface area contributed by atoms with E-state index in [1.165, 1.54) is 5.38 Å². The predicted molar refractivity (Wildman–Crippen MR) is 66.9 cm³/mol. The summed E-state index contributed by atoms with van der Waals surface area (Å²) >= 11 is 0.520. The predicted octanol–water partition coefficient (Wildman–Crippen LogP) is 3.58. The average Bonchev–Trinajstić information content (AvgIpc) is 3.03. The summed E-state index contributed by atoms with van der Waals surface area (Å²) in [6.45, 7) is 0. The Kier molecular flexibility index (Phi) is 2.72. The number of halogens is 3. The van der Waals surface area contributed by atoms with E-state index in [4.69, 9.17) is 5.26 Å². The molecule has 0 saturated carbocycles. The standard InChI is InChI=1S/C12H5F3N4S/c13-12(14,15)11-19-9(5-20-11)10-17-7-2-1-6(4-16)3-8(7)18-10/h1-3,5H,(H,17,18). The molecule has 3 aromatic rings. The molecule has 20 heavy (non-hydrogen) atoms. The molecule has 3 rings (SSSR count). The van der Waals surface area contributed by atoms with Crippen LogP contribution in [0.5, 0.6) is 0 Å². The van der Waals surface area contributed by atoms with Crippen molar-refractivity contribution in [1.29, 1.82) is 5.26 Å². The van der Waals surface area contributed by atoms with Crippen LogP contribution in [0.2, 0.25) is 0 Å². The maximum absolute atomic E-state index is 12.5. The van der Waals surface area contributed by atoms with E-state index in [0.29, 0.717) is 27.9 Å². The first kappa shape index (κ1) is 12.6. The maximum Gasteiger partial charge on any atom is 0.443 e. The molecule has 1 aromatic carbocycles. The molecule has 1 N–H and O–H groups in total. The molecular weight excluding hydrogens is 289 g/mol. The van der Waals surface area contributed by atoms with Crippen molar-refractivity contribution in [2.75, 3.05) is 0 Å². The largest absolute Gasteiger partial charge is 0.443 e. The number of fused-ring (bicyclic) bond motifs is 1. The third-order valence-electron chi connectivity index (χ3n) is 2.60. The second-order valence-corrected chi connectivity index (χ2v) is 4.82. The van der Waals surface area contributed by atoms with Crippen LogP contribution >= 0.6 is 11.3 Å². The molecule has 100 valence electrons. The van der Waals surface area contributed by atoms with Gasteiger partial charge in [0.05, 0.1) is 22.7 Å². The van der Waals surface area contributed by atoms with Crippen molar-refractivity contribution in [1.82, 2.24) is 15.0 Å². The second kappa shape index (κ2) is 4.31. The van der Waals surface area contributed by atoms with Crippen LogP contribution in [0.1, 0.15) is 10.6 Å². The Labute approximate surface area is 114 Å². The van der Waals surface area contributed by atoms with Crippen molar-refractivity contribution in [2.24, 2.45) is 0 Å². The van der Waals surface area contributed by atoms with Gasteiger partial charge in [0.2, 0.25) is 0 Å².